The van der Waals surface area contributed by atoms with Crippen LogP contribution in [-0.4, -0.2) is 16.2 Å². The van der Waals surface area contributed by atoms with E-state index >= 15 is 0 Å². The lowest BCUT2D eigenvalue weighted by Crippen LogP contribution is -2.37. The lowest BCUT2D eigenvalue weighted by molar-refractivity contribution is 0.289. The first kappa shape index (κ1) is 11.1. The van der Waals surface area contributed by atoms with Crippen molar-refractivity contribution in [3.8, 4) is 6.07 Å². The number of nitrogens with zero attached hydrogens (tertiary/aromatic N) is 3. The minimum atomic E-state index is 0.123. The molecule has 2 unspecified atom stereocenters. The van der Waals surface area contributed by atoms with Gasteiger partial charge in [0.25, 0.3) is 0 Å². The highest BCUT2D eigenvalue weighted by molar-refractivity contribution is 4.95. The highest BCUT2D eigenvalue weighted by Gasteiger charge is 2.24. The summed E-state index contributed by atoms with van der Waals surface area (Å²) in [6, 6.07) is 2.64. The lowest BCUT2D eigenvalue weighted by atomic mass is 9.85. The zero-order valence-electron chi connectivity index (χ0n) is 9.44. The fourth-order valence-electron chi connectivity index (χ4n) is 2.16. The first-order valence-electron chi connectivity index (χ1n) is 5.72. The summed E-state index contributed by atoms with van der Waals surface area (Å²) >= 11 is 0. The Morgan fingerprint density at radius 1 is 1.50 bits per heavy atom. The van der Waals surface area contributed by atoms with Crippen molar-refractivity contribution in [3.05, 3.63) is 11.7 Å². The van der Waals surface area contributed by atoms with Crippen LogP contribution in [0.3, 0.4) is 0 Å². The maximum absolute atomic E-state index is 9.02. The quantitative estimate of drug-likeness (QED) is 0.836. The molecular weight excluding hydrogens is 204 g/mol. The van der Waals surface area contributed by atoms with Crippen molar-refractivity contribution in [1.29, 1.82) is 5.26 Å². The van der Waals surface area contributed by atoms with Crippen LogP contribution in [0.2, 0.25) is 0 Å². The molecule has 16 heavy (non-hydrogen) atoms. The van der Waals surface area contributed by atoms with Gasteiger partial charge in [-0.05, 0) is 19.8 Å². The van der Waals surface area contributed by atoms with Gasteiger partial charge in [0.2, 0.25) is 5.89 Å². The van der Waals surface area contributed by atoms with Crippen molar-refractivity contribution in [3.63, 3.8) is 0 Å². The van der Waals surface area contributed by atoms with Crippen LogP contribution in [0.25, 0.3) is 0 Å². The predicted octanol–water partition coefficient (Wildman–Crippen LogP) is 1.55. The molecule has 1 fully saturated rings. The maximum Gasteiger partial charge on any atom is 0.240 e. The second-order valence-corrected chi connectivity index (χ2v) is 4.24. The van der Waals surface area contributed by atoms with E-state index in [1.54, 1.807) is 6.92 Å². The molecule has 0 aliphatic heterocycles. The molecule has 0 amide bonds. The molecule has 1 saturated carbocycles. The summed E-state index contributed by atoms with van der Waals surface area (Å²) < 4.78 is 5.02. The summed E-state index contributed by atoms with van der Waals surface area (Å²) in [5.74, 6) is 1.37. The van der Waals surface area contributed by atoms with Gasteiger partial charge in [-0.3, -0.25) is 0 Å². The Balaban J connectivity index is 1.87. The molecule has 2 atom stereocenters. The number of nitriles is 1. The molecule has 1 aliphatic carbocycles. The monoisotopic (exact) mass is 220 g/mol. The minimum absolute atomic E-state index is 0.123. The topological polar surface area (TPSA) is 74.7 Å². The first-order valence-corrected chi connectivity index (χ1v) is 5.72. The average molecular weight is 220 g/mol. The molecule has 5 nitrogen and oxygen atoms in total. The largest absolute Gasteiger partial charge is 0.338 e. The van der Waals surface area contributed by atoms with Crippen LogP contribution in [0.4, 0.5) is 0 Å². The SMILES string of the molecule is Cc1noc(CNC2CCCCC2C#N)n1. The normalized spacial score (nSPS) is 25.2. The summed E-state index contributed by atoms with van der Waals surface area (Å²) in [7, 11) is 0. The molecule has 0 radical (unpaired) electrons. The van der Waals surface area contributed by atoms with E-state index in [2.05, 4.69) is 21.5 Å². The molecule has 1 aliphatic rings. The summed E-state index contributed by atoms with van der Waals surface area (Å²) in [5, 5.41) is 16.1. The third-order valence-electron chi connectivity index (χ3n) is 3.02. The van der Waals surface area contributed by atoms with E-state index in [4.69, 9.17) is 9.78 Å². The number of nitrogens with one attached hydrogen (secondary N) is 1. The number of aryl methyl sites for hydroxylation is 1. The van der Waals surface area contributed by atoms with Gasteiger partial charge in [-0.25, -0.2) is 0 Å². The van der Waals surface area contributed by atoms with Crippen LogP contribution in [0.15, 0.2) is 4.52 Å². The molecule has 0 aromatic carbocycles. The zero-order valence-corrected chi connectivity index (χ0v) is 9.44. The van der Waals surface area contributed by atoms with Gasteiger partial charge < -0.3 is 9.84 Å². The zero-order chi connectivity index (χ0) is 11.4. The number of aromatic nitrogens is 2. The molecule has 1 aromatic heterocycles. The van der Waals surface area contributed by atoms with Crippen LogP contribution in [0.5, 0.6) is 0 Å². The molecule has 0 spiro atoms. The molecule has 5 heteroatoms. The van der Waals surface area contributed by atoms with Crippen LogP contribution < -0.4 is 5.32 Å². The molecule has 1 heterocycles. The number of hydrogen-bond acceptors (Lipinski definition) is 5. The second kappa shape index (κ2) is 5.08. The Labute approximate surface area is 94.8 Å². The molecule has 1 N–H and O–H groups in total. The maximum atomic E-state index is 9.02. The van der Waals surface area contributed by atoms with Crippen molar-refractivity contribution >= 4 is 0 Å². The summed E-state index contributed by atoms with van der Waals surface area (Å²) in [5.41, 5.74) is 0. The predicted molar refractivity (Wildman–Crippen MR) is 57.2 cm³/mol. The van der Waals surface area contributed by atoms with E-state index in [1.165, 1.54) is 6.42 Å². The van der Waals surface area contributed by atoms with Crippen LogP contribution in [0.1, 0.15) is 37.4 Å². The Morgan fingerprint density at radius 3 is 3.00 bits per heavy atom. The van der Waals surface area contributed by atoms with E-state index in [-0.39, 0.29) is 12.0 Å². The van der Waals surface area contributed by atoms with E-state index in [0.29, 0.717) is 18.3 Å². The van der Waals surface area contributed by atoms with E-state index in [0.717, 1.165) is 19.3 Å². The van der Waals surface area contributed by atoms with Gasteiger partial charge >= 0.3 is 0 Å². The van der Waals surface area contributed by atoms with Gasteiger partial charge in [0.1, 0.15) is 0 Å². The Hall–Kier alpha value is -1.41. The Morgan fingerprint density at radius 2 is 2.31 bits per heavy atom. The van der Waals surface area contributed by atoms with E-state index in [9.17, 15) is 0 Å². The van der Waals surface area contributed by atoms with Crippen LogP contribution >= 0.6 is 0 Å². The Bertz CT molecular complexity index is 382. The lowest BCUT2D eigenvalue weighted by Gasteiger charge is -2.27. The van der Waals surface area contributed by atoms with E-state index < -0.39 is 0 Å². The summed E-state index contributed by atoms with van der Waals surface area (Å²) in [6.45, 7) is 2.36. The molecule has 0 saturated heterocycles. The fourth-order valence-corrected chi connectivity index (χ4v) is 2.16. The van der Waals surface area contributed by atoms with Crippen molar-refractivity contribution in [1.82, 2.24) is 15.5 Å². The van der Waals surface area contributed by atoms with Crippen LogP contribution in [-0.2, 0) is 6.54 Å². The van der Waals surface area contributed by atoms with Gasteiger partial charge in [-0.15, -0.1) is 0 Å². The number of hydrogen-bond donors (Lipinski definition) is 1. The molecule has 86 valence electrons. The second-order valence-electron chi connectivity index (χ2n) is 4.24. The third-order valence-corrected chi connectivity index (χ3v) is 3.02. The average Bonchev–Trinajstić information content (AvgIpc) is 2.73. The third kappa shape index (κ3) is 2.58. The van der Waals surface area contributed by atoms with Gasteiger partial charge in [-0.2, -0.15) is 10.2 Å². The molecule has 1 aromatic rings. The molecular formula is C11H16N4O. The summed E-state index contributed by atoms with van der Waals surface area (Å²) in [4.78, 5) is 4.12. The minimum Gasteiger partial charge on any atom is -0.338 e. The fraction of sp³-hybridized carbons (Fsp3) is 0.727. The van der Waals surface area contributed by atoms with Crippen LogP contribution in [0, 0.1) is 24.2 Å². The van der Waals surface area contributed by atoms with E-state index in [1.807, 2.05) is 0 Å². The standard InChI is InChI=1S/C11H16N4O/c1-8-14-11(16-15-8)7-13-10-5-3-2-4-9(10)6-12/h9-10,13H,2-5,7H2,1H3. The van der Waals surface area contributed by atoms with Gasteiger partial charge in [0, 0.05) is 6.04 Å². The Kier molecular flexibility index (Phi) is 3.52. The van der Waals surface area contributed by atoms with Crippen molar-refractivity contribution in [2.75, 3.05) is 0 Å². The van der Waals surface area contributed by atoms with Crippen molar-refractivity contribution in [2.45, 2.75) is 45.2 Å². The first-order chi connectivity index (χ1) is 7.79. The molecule has 0 bridgehead atoms. The summed E-state index contributed by atoms with van der Waals surface area (Å²) in [6.07, 6.45) is 4.41. The van der Waals surface area contributed by atoms with Gasteiger partial charge in [-0.1, -0.05) is 18.0 Å². The number of rotatable bonds is 3. The van der Waals surface area contributed by atoms with Crippen molar-refractivity contribution in [2.24, 2.45) is 5.92 Å². The van der Waals surface area contributed by atoms with Gasteiger partial charge in [0.15, 0.2) is 5.82 Å². The smallest absolute Gasteiger partial charge is 0.240 e. The molecule has 2 rings (SSSR count). The van der Waals surface area contributed by atoms with Crippen molar-refractivity contribution < 1.29 is 4.52 Å². The van der Waals surface area contributed by atoms with Gasteiger partial charge in [0.05, 0.1) is 18.5 Å². The highest BCUT2D eigenvalue weighted by Crippen LogP contribution is 2.23. The highest BCUT2D eigenvalue weighted by atomic mass is 16.5.